The van der Waals surface area contributed by atoms with Crippen LogP contribution in [0, 0.1) is 0 Å². The zero-order valence-electron chi connectivity index (χ0n) is 13.7. The number of amides is 1. The van der Waals surface area contributed by atoms with E-state index in [4.69, 9.17) is 11.6 Å². The number of hydrogen-bond donors (Lipinski definition) is 3. The molecule has 1 aliphatic carbocycles. The molecule has 0 radical (unpaired) electrons. The fourth-order valence-corrected chi connectivity index (χ4v) is 4.05. The average molecular weight is 347 g/mol. The van der Waals surface area contributed by atoms with Crippen molar-refractivity contribution in [3.8, 4) is 0 Å². The lowest BCUT2D eigenvalue weighted by Crippen LogP contribution is -2.47. The Morgan fingerprint density at radius 3 is 2.88 bits per heavy atom. The zero-order valence-corrected chi connectivity index (χ0v) is 14.5. The molecule has 2 heterocycles. The highest BCUT2D eigenvalue weighted by Crippen LogP contribution is 2.31. The molecule has 1 amide bonds. The van der Waals surface area contributed by atoms with Crippen LogP contribution in [0.4, 0.5) is 5.69 Å². The van der Waals surface area contributed by atoms with Gasteiger partial charge in [-0.1, -0.05) is 24.4 Å². The number of aromatic nitrogens is 1. The molecule has 5 nitrogen and oxygen atoms in total. The number of nitrogens with one attached hydrogen (secondary N) is 3. The first-order chi connectivity index (χ1) is 11.7. The zero-order chi connectivity index (χ0) is 16.5. The standard InChI is InChI=1S/C18H23ClN4O/c19-13-7-12-8-15(10-23-6-5-20-17(24)11-23)22-18(12)16(9-13)21-14-3-1-2-4-14/h7-9,14,21-22H,1-6,10-11H2,(H,20,24). The van der Waals surface area contributed by atoms with E-state index in [1.54, 1.807) is 0 Å². The molecule has 3 N–H and O–H groups in total. The number of H-pyrrole nitrogens is 1. The molecule has 1 aromatic carbocycles. The Bertz CT molecular complexity index is 751. The van der Waals surface area contributed by atoms with E-state index in [0.29, 0.717) is 12.6 Å². The Morgan fingerprint density at radius 1 is 1.25 bits per heavy atom. The van der Waals surface area contributed by atoms with Crippen LogP contribution in [0.2, 0.25) is 5.02 Å². The SMILES string of the molecule is O=C1CN(Cc2cc3cc(Cl)cc(NC4CCCC4)c3[nH]2)CCN1. The van der Waals surface area contributed by atoms with Crippen LogP contribution in [0.1, 0.15) is 31.4 Å². The van der Waals surface area contributed by atoms with Crippen molar-refractivity contribution >= 4 is 34.1 Å². The van der Waals surface area contributed by atoms with Gasteiger partial charge in [-0.3, -0.25) is 9.69 Å². The molecule has 0 spiro atoms. The molecule has 4 rings (SSSR count). The van der Waals surface area contributed by atoms with Crippen LogP contribution in [-0.2, 0) is 11.3 Å². The van der Waals surface area contributed by atoms with Crippen LogP contribution in [0.15, 0.2) is 18.2 Å². The summed E-state index contributed by atoms with van der Waals surface area (Å²) in [6.45, 7) is 2.82. The molecule has 24 heavy (non-hydrogen) atoms. The molecule has 1 saturated heterocycles. The van der Waals surface area contributed by atoms with E-state index < -0.39 is 0 Å². The summed E-state index contributed by atoms with van der Waals surface area (Å²) in [7, 11) is 0. The Hall–Kier alpha value is -1.72. The molecular formula is C18H23ClN4O. The van der Waals surface area contributed by atoms with Crippen molar-refractivity contribution in [1.82, 2.24) is 15.2 Å². The summed E-state index contributed by atoms with van der Waals surface area (Å²) in [4.78, 5) is 17.2. The molecule has 2 fully saturated rings. The maximum atomic E-state index is 11.5. The summed E-state index contributed by atoms with van der Waals surface area (Å²) < 4.78 is 0. The highest BCUT2D eigenvalue weighted by Gasteiger charge is 2.19. The van der Waals surface area contributed by atoms with E-state index in [2.05, 4.69) is 26.6 Å². The molecule has 6 heteroatoms. The maximum absolute atomic E-state index is 11.5. The number of carbonyl (C=O) groups is 1. The first-order valence-corrected chi connectivity index (χ1v) is 9.12. The molecular weight excluding hydrogens is 324 g/mol. The Morgan fingerprint density at radius 2 is 2.08 bits per heavy atom. The number of halogens is 1. The third-order valence-electron chi connectivity index (χ3n) is 4.98. The van der Waals surface area contributed by atoms with E-state index in [9.17, 15) is 4.79 Å². The number of anilines is 1. The van der Waals surface area contributed by atoms with Crippen molar-refractivity contribution in [3.05, 3.63) is 28.9 Å². The minimum absolute atomic E-state index is 0.101. The number of aromatic amines is 1. The fraction of sp³-hybridized carbons (Fsp3) is 0.500. The highest BCUT2D eigenvalue weighted by molar-refractivity contribution is 6.31. The molecule has 128 valence electrons. The van der Waals surface area contributed by atoms with E-state index in [0.717, 1.165) is 46.9 Å². The highest BCUT2D eigenvalue weighted by atomic mass is 35.5. The maximum Gasteiger partial charge on any atom is 0.234 e. The van der Waals surface area contributed by atoms with E-state index in [1.165, 1.54) is 25.7 Å². The van der Waals surface area contributed by atoms with Crippen LogP contribution in [-0.4, -0.2) is 41.5 Å². The van der Waals surface area contributed by atoms with Gasteiger partial charge in [-0.25, -0.2) is 0 Å². The van der Waals surface area contributed by atoms with Gasteiger partial charge in [0.05, 0.1) is 17.7 Å². The molecule has 1 aromatic heterocycles. The van der Waals surface area contributed by atoms with Crippen LogP contribution in [0.5, 0.6) is 0 Å². The molecule has 1 saturated carbocycles. The topological polar surface area (TPSA) is 60.2 Å². The van der Waals surface area contributed by atoms with Gasteiger partial charge in [0.25, 0.3) is 0 Å². The van der Waals surface area contributed by atoms with Gasteiger partial charge in [-0.15, -0.1) is 0 Å². The molecule has 2 aromatic rings. The molecule has 2 aliphatic rings. The van der Waals surface area contributed by atoms with Gasteiger partial charge in [0, 0.05) is 41.8 Å². The summed E-state index contributed by atoms with van der Waals surface area (Å²) in [6.07, 6.45) is 5.05. The summed E-state index contributed by atoms with van der Waals surface area (Å²) in [5, 5.41) is 8.40. The van der Waals surface area contributed by atoms with Crippen LogP contribution < -0.4 is 10.6 Å². The average Bonchev–Trinajstić information content (AvgIpc) is 3.16. The van der Waals surface area contributed by atoms with E-state index in [1.807, 2.05) is 12.1 Å². The van der Waals surface area contributed by atoms with Gasteiger partial charge in [0.2, 0.25) is 5.91 Å². The Balaban J connectivity index is 1.58. The number of piperazine rings is 1. The number of fused-ring (bicyclic) bond motifs is 1. The van der Waals surface area contributed by atoms with Gasteiger partial charge < -0.3 is 15.6 Å². The minimum atomic E-state index is 0.101. The summed E-state index contributed by atoms with van der Waals surface area (Å²) in [5.74, 6) is 0.101. The van der Waals surface area contributed by atoms with Gasteiger partial charge in [0.15, 0.2) is 0 Å². The predicted octanol–water partition coefficient (Wildman–Crippen LogP) is 3.11. The van der Waals surface area contributed by atoms with Crippen molar-refractivity contribution in [2.75, 3.05) is 25.0 Å². The third-order valence-corrected chi connectivity index (χ3v) is 5.19. The summed E-state index contributed by atoms with van der Waals surface area (Å²) >= 11 is 6.31. The first-order valence-electron chi connectivity index (χ1n) is 8.74. The first kappa shape index (κ1) is 15.8. The minimum Gasteiger partial charge on any atom is -0.381 e. The van der Waals surface area contributed by atoms with E-state index in [-0.39, 0.29) is 5.91 Å². The second-order valence-electron chi connectivity index (χ2n) is 6.90. The summed E-state index contributed by atoms with van der Waals surface area (Å²) in [6, 6.07) is 6.70. The quantitative estimate of drug-likeness (QED) is 0.797. The lowest BCUT2D eigenvalue weighted by Gasteiger charge is -2.25. The third kappa shape index (κ3) is 3.37. The van der Waals surface area contributed by atoms with Gasteiger partial charge >= 0.3 is 0 Å². The Labute approximate surface area is 146 Å². The molecule has 0 atom stereocenters. The lowest BCUT2D eigenvalue weighted by molar-refractivity contribution is -0.124. The number of benzene rings is 1. The van der Waals surface area contributed by atoms with Crippen molar-refractivity contribution in [2.24, 2.45) is 0 Å². The number of rotatable bonds is 4. The second kappa shape index (κ2) is 6.65. The van der Waals surface area contributed by atoms with Crippen LogP contribution in [0.3, 0.4) is 0 Å². The Kier molecular flexibility index (Phi) is 4.37. The fourth-order valence-electron chi connectivity index (χ4n) is 3.82. The number of carbonyl (C=O) groups excluding carboxylic acids is 1. The van der Waals surface area contributed by atoms with Crippen LogP contribution in [0.25, 0.3) is 10.9 Å². The van der Waals surface area contributed by atoms with Gasteiger partial charge in [-0.05, 0) is 31.0 Å². The van der Waals surface area contributed by atoms with Gasteiger partial charge in [-0.2, -0.15) is 0 Å². The molecule has 0 bridgehead atoms. The van der Waals surface area contributed by atoms with Crippen molar-refractivity contribution in [3.63, 3.8) is 0 Å². The second-order valence-corrected chi connectivity index (χ2v) is 7.33. The van der Waals surface area contributed by atoms with Crippen molar-refractivity contribution < 1.29 is 4.79 Å². The monoisotopic (exact) mass is 346 g/mol. The smallest absolute Gasteiger partial charge is 0.234 e. The normalized spacial score (nSPS) is 19.8. The predicted molar refractivity (Wildman–Crippen MR) is 97.5 cm³/mol. The van der Waals surface area contributed by atoms with Crippen molar-refractivity contribution in [1.29, 1.82) is 0 Å². The summed E-state index contributed by atoms with van der Waals surface area (Å²) in [5.41, 5.74) is 3.33. The number of hydrogen-bond acceptors (Lipinski definition) is 3. The van der Waals surface area contributed by atoms with Crippen molar-refractivity contribution in [2.45, 2.75) is 38.3 Å². The largest absolute Gasteiger partial charge is 0.381 e. The van der Waals surface area contributed by atoms with E-state index >= 15 is 0 Å². The lowest BCUT2D eigenvalue weighted by atomic mass is 10.2. The van der Waals surface area contributed by atoms with Gasteiger partial charge in [0.1, 0.15) is 0 Å². The number of nitrogens with zero attached hydrogens (tertiary/aromatic N) is 1. The van der Waals surface area contributed by atoms with Crippen LogP contribution >= 0.6 is 11.6 Å². The molecule has 0 unspecified atom stereocenters. The molecule has 1 aliphatic heterocycles.